The summed E-state index contributed by atoms with van der Waals surface area (Å²) in [7, 11) is 0. The van der Waals surface area contributed by atoms with Crippen molar-refractivity contribution in [3.05, 3.63) is 41.6 Å². The lowest BCUT2D eigenvalue weighted by atomic mass is 10.0. The molecule has 3 aromatic rings. The molecule has 1 aromatic heterocycles. The molecule has 0 fully saturated rings. The highest BCUT2D eigenvalue weighted by atomic mass is 16.5. The molecular formula is C13H11NO. The fourth-order valence-electron chi connectivity index (χ4n) is 2.11. The van der Waals surface area contributed by atoms with Crippen LogP contribution in [-0.4, -0.2) is 5.16 Å². The van der Waals surface area contributed by atoms with Gasteiger partial charge in [0.25, 0.3) is 0 Å². The Balaban J connectivity index is 2.67. The Kier molecular flexibility index (Phi) is 1.60. The smallest absolute Gasteiger partial charge is 0.170 e. The topological polar surface area (TPSA) is 26.0 Å². The molecule has 2 aromatic carbocycles. The number of hydrogen-bond donors (Lipinski definition) is 0. The van der Waals surface area contributed by atoms with E-state index < -0.39 is 0 Å². The van der Waals surface area contributed by atoms with Crippen LogP contribution in [0.3, 0.4) is 0 Å². The van der Waals surface area contributed by atoms with Gasteiger partial charge in [-0.05, 0) is 36.2 Å². The second-order valence-corrected chi connectivity index (χ2v) is 3.89. The summed E-state index contributed by atoms with van der Waals surface area (Å²) in [5, 5.41) is 7.64. The molecule has 0 bridgehead atoms. The summed E-state index contributed by atoms with van der Waals surface area (Å²) < 4.78 is 5.34. The minimum atomic E-state index is 0.909. The number of benzene rings is 2. The summed E-state index contributed by atoms with van der Waals surface area (Å²) >= 11 is 0. The van der Waals surface area contributed by atoms with Gasteiger partial charge in [0.2, 0.25) is 0 Å². The Morgan fingerprint density at radius 1 is 1.13 bits per heavy atom. The van der Waals surface area contributed by atoms with Gasteiger partial charge in [-0.25, -0.2) is 0 Å². The van der Waals surface area contributed by atoms with Gasteiger partial charge < -0.3 is 4.52 Å². The molecule has 2 nitrogen and oxygen atoms in total. The van der Waals surface area contributed by atoms with Crippen LogP contribution < -0.4 is 0 Å². The van der Waals surface area contributed by atoms with E-state index in [-0.39, 0.29) is 0 Å². The molecule has 0 aliphatic carbocycles. The molecule has 3 rings (SSSR count). The standard InChI is InChI=1S/C13H11NO/c1-8-7-10-5-3-4-6-11(10)12-9(2)14-15-13(8)12/h3-7H,1-2H3. The van der Waals surface area contributed by atoms with Gasteiger partial charge in [0.1, 0.15) is 0 Å². The van der Waals surface area contributed by atoms with E-state index in [0.717, 1.165) is 22.2 Å². The van der Waals surface area contributed by atoms with E-state index in [2.05, 4.69) is 36.3 Å². The predicted molar refractivity (Wildman–Crippen MR) is 61.0 cm³/mol. The molecule has 74 valence electrons. The maximum Gasteiger partial charge on any atom is 0.170 e. The number of nitrogens with zero attached hydrogens (tertiary/aromatic N) is 1. The minimum Gasteiger partial charge on any atom is -0.356 e. The van der Waals surface area contributed by atoms with Crippen molar-refractivity contribution in [2.45, 2.75) is 13.8 Å². The first-order valence-electron chi connectivity index (χ1n) is 5.02. The van der Waals surface area contributed by atoms with Gasteiger partial charge in [0.05, 0.1) is 11.1 Å². The van der Waals surface area contributed by atoms with Crippen molar-refractivity contribution in [1.29, 1.82) is 0 Å². The Morgan fingerprint density at radius 3 is 2.80 bits per heavy atom. The van der Waals surface area contributed by atoms with Crippen molar-refractivity contribution < 1.29 is 4.52 Å². The van der Waals surface area contributed by atoms with Gasteiger partial charge in [-0.2, -0.15) is 0 Å². The van der Waals surface area contributed by atoms with Crippen LogP contribution in [0, 0.1) is 13.8 Å². The molecule has 0 aliphatic rings. The lowest BCUT2D eigenvalue weighted by molar-refractivity contribution is 0.449. The van der Waals surface area contributed by atoms with E-state index in [1.807, 2.05) is 13.0 Å². The molecule has 0 N–H and O–H groups in total. The average molecular weight is 197 g/mol. The zero-order valence-corrected chi connectivity index (χ0v) is 8.74. The monoisotopic (exact) mass is 197 g/mol. The van der Waals surface area contributed by atoms with Crippen LogP contribution >= 0.6 is 0 Å². The average Bonchev–Trinajstić information content (AvgIpc) is 2.62. The molecule has 0 radical (unpaired) electrons. The van der Waals surface area contributed by atoms with E-state index in [1.54, 1.807) is 0 Å². The molecule has 0 saturated carbocycles. The van der Waals surface area contributed by atoms with Gasteiger partial charge in [-0.1, -0.05) is 29.4 Å². The molecule has 2 heteroatoms. The highest BCUT2D eigenvalue weighted by Gasteiger charge is 2.10. The van der Waals surface area contributed by atoms with Crippen molar-refractivity contribution in [2.75, 3.05) is 0 Å². The zero-order chi connectivity index (χ0) is 10.4. The van der Waals surface area contributed by atoms with Gasteiger partial charge in [0.15, 0.2) is 5.58 Å². The van der Waals surface area contributed by atoms with Crippen molar-refractivity contribution in [3.63, 3.8) is 0 Å². The van der Waals surface area contributed by atoms with Crippen molar-refractivity contribution in [2.24, 2.45) is 0 Å². The molecule has 1 heterocycles. The maximum atomic E-state index is 5.34. The minimum absolute atomic E-state index is 0.909. The van der Waals surface area contributed by atoms with Crippen LogP contribution in [0.2, 0.25) is 0 Å². The largest absolute Gasteiger partial charge is 0.356 e. The number of fused-ring (bicyclic) bond motifs is 3. The third-order valence-corrected chi connectivity index (χ3v) is 2.82. The fraction of sp³-hybridized carbons (Fsp3) is 0.154. The first-order chi connectivity index (χ1) is 7.27. The first-order valence-corrected chi connectivity index (χ1v) is 5.02. The fourth-order valence-corrected chi connectivity index (χ4v) is 2.11. The van der Waals surface area contributed by atoms with Crippen LogP contribution in [0.4, 0.5) is 0 Å². The second kappa shape index (κ2) is 2.83. The number of hydrogen-bond acceptors (Lipinski definition) is 2. The Morgan fingerprint density at radius 2 is 1.93 bits per heavy atom. The maximum absolute atomic E-state index is 5.34. The van der Waals surface area contributed by atoms with E-state index in [4.69, 9.17) is 4.52 Å². The van der Waals surface area contributed by atoms with Gasteiger partial charge in [-0.15, -0.1) is 0 Å². The summed E-state index contributed by atoms with van der Waals surface area (Å²) in [5.74, 6) is 0. The number of aromatic nitrogens is 1. The third-order valence-electron chi connectivity index (χ3n) is 2.82. The molecule has 0 unspecified atom stereocenters. The Hall–Kier alpha value is -1.83. The van der Waals surface area contributed by atoms with E-state index in [1.165, 1.54) is 10.8 Å². The lowest BCUT2D eigenvalue weighted by Crippen LogP contribution is -1.79. The number of aryl methyl sites for hydroxylation is 2. The van der Waals surface area contributed by atoms with E-state index >= 15 is 0 Å². The summed E-state index contributed by atoms with van der Waals surface area (Å²) in [5.41, 5.74) is 3.01. The molecular weight excluding hydrogens is 186 g/mol. The van der Waals surface area contributed by atoms with Crippen molar-refractivity contribution in [3.8, 4) is 0 Å². The van der Waals surface area contributed by atoms with Gasteiger partial charge in [-0.3, -0.25) is 0 Å². The molecule has 0 atom stereocenters. The third kappa shape index (κ3) is 1.08. The second-order valence-electron chi connectivity index (χ2n) is 3.89. The molecule has 0 aliphatic heterocycles. The molecule has 0 spiro atoms. The summed E-state index contributed by atoms with van der Waals surface area (Å²) in [6.07, 6.45) is 0. The van der Waals surface area contributed by atoms with Crippen LogP contribution in [0.15, 0.2) is 34.9 Å². The van der Waals surface area contributed by atoms with E-state index in [9.17, 15) is 0 Å². The Labute approximate surface area is 87.5 Å². The number of rotatable bonds is 0. The van der Waals surface area contributed by atoms with Crippen molar-refractivity contribution in [1.82, 2.24) is 5.16 Å². The van der Waals surface area contributed by atoms with Crippen LogP contribution in [0.5, 0.6) is 0 Å². The van der Waals surface area contributed by atoms with E-state index in [0.29, 0.717) is 0 Å². The highest BCUT2D eigenvalue weighted by Crippen LogP contribution is 2.30. The summed E-state index contributed by atoms with van der Waals surface area (Å²) in [4.78, 5) is 0. The Bertz CT molecular complexity index is 652. The molecule has 15 heavy (non-hydrogen) atoms. The predicted octanol–water partition coefficient (Wildman–Crippen LogP) is 3.60. The van der Waals surface area contributed by atoms with Crippen LogP contribution in [-0.2, 0) is 0 Å². The molecule has 0 amide bonds. The first kappa shape index (κ1) is 8.48. The lowest BCUT2D eigenvalue weighted by Gasteiger charge is -2.01. The summed E-state index contributed by atoms with van der Waals surface area (Å²) in [6, 6.07) is 10.5. The van der Waals surface area contributed by atoms with Crippen LogP contribution in [0.1, 0.15) is 11.3 Å². The van der Waals surface area contributed by atoms with Crippen LogP contribution in [0.25, 0.3) is 21.7 Å². The SMILES string of the molecule is Cc1cc2ccccc2c2c(C)noc12. The summed E-state index contributed by atoms with van der Waals surface area (Å²) in [6.45, 7) is 4.04. The van der Waals surface area contributed by atoms with Crippen molar-refractivity contribution >= 4 is 21.7 Å². The van der Waals surface area contributed by atoms with Gasteiger partial charge >= 0.3 is 0 Å². The normalized spacial score (nSPS) is 11.3. The molecule has 0 saturated heterocycles. The van der Waals surface area contributed by atoms with Gasteiger partial charge in [0, 0.05) is 0 Å². The quantitative estimate of drug-likeness (QED) is 0.550. The highest BCUT2D eigenvalue weighted by molar-refractivity contribution is 6.07. The zero-order valence-electron chi connectivity index (χ0n) is 8.74.